The molecule has 20 heavy (non-hydrogen) atoms. The zero-order valence-corrected chi connectivity index (χ0v) is 12.2. The molecule has 3 heterocycles. The highest BCUT2D eigenvalue weighted by Crippen LogP contribution is 2.17. The van der Waals surface area contributed by atoms with Gasteiger partial charge in [-0.3, -0.25) is 0 Å². The van der Waals surface area contributed by atoms with Gasteiger partial charge in [-0.1, -0.05) is 6.92 Å². The normalized spacial score (nSPS) is 17.9. The van der Waals surface area contributed by atoms with Crippen LogP contribution in [0.5, 0.6) is 0 Å². The van der Waals surface area contributed by atoms with Gasteiger partial charge in [-0.2, -0.15) is 0 Å². The molecule has 0 saturated carbocycles. The van der Waals surface area contributed by atoms with Crippen molar-refractivity contribution in [2.75, 3.05) is 19.6 Å². The summed E-state index contributed by atoms with van der Waals surface area (Å²) in [7, 11) is 0. The van der Waals surface area contributed by atoms with Crippen molar-refractivity contribution in [1.82, 2.24) is 20.2 Å². The predicted octanol–water partition coefficient (Wildman–Crippen LogP) is 2.53. The Balaban J connectivity index is 1.53. The zero-order chi connectivity index (χ0) is 13.8. The van der Waals surface area contributed by atoms with Crippen LogP contribution in [0.2, 0.25) is 0 Å². The lowest BCUT2D eigenvalue weighted by atomic mass is 10.0. The molecule has 0 aliphatic carbocycles. The Morgan fingerprint density at radius 1 is 1.40 bits per heavy atom. The van der Waals surface area contributed by atoms with E-state index in [1.54, 1.807) is 0 Å². The first kappa shape index (κ1) is 13.6. The minimum atomic E-state index is 0.657. The summed E-state index contributed by atoms with van der Waals surface area (Å²) < 4.78 is 0. The molecule has 0 atom stereocenters. The summed E-state index contributed by atoms with van der Waals surface area (Å²) in [6.07, 6.45) is 7.71. The molecule has 1 fully saturated rings. The largest absolute Gasteiger partial charge is 0.346 e. The third kappa shape index (κ3) is 3.02. The number of nitrogens with zero attached hydrogens (tertiary/aromatic N) is 2. The van der Waals surface area contributed by atoms with Crippen LogP contribution in [0.15, 0.2) is 24.5 Å². The van der Waals surface area contributed by atoms with E-state index in [-0.39, 0.29) is 0 Å². The Morgan fingerprint density at radius 2 is 2.25 bits per heavy atom. The molecule has 0 radical (unpaired) electrons. The maximum absolute atomic E-state index is 4.34. The van der Waals surface area contributed by atoms with Crippen molar-refractivity contribution in [3.05, 3.63) is 30.1 Å². The van der Waals surface area contributed by atoms with Crippen LogP contribution in [0, 0.1) is 0 Å². The fraction of sp³-hybridized carbons (Fsp3) is 0.562. The number of pyridine rings is 1. The van der Waals surface area contributed by atoms with E-state index in [1.807, 2.05) is 12.3 Å². The van der Waals surface area contributed by atoms with E-state index < -0.39 is 0 Å². The quantitative estimate of drug-likeness (QED) is 0.879. The molecule has 1 saturated heterocycles. The van der Waals surface area contributed by atoms with Crippen LogP contribution in [0.1, 0.15) is 31.7 Å². The zero-order valence-electron chi connectivity index (χ0n) is 12.2. The number of nitrogens with one attached hydrogen (secondary N) is 2. The summed E-state index contributed by atoms with van der Waals surface area (Å²) >= 11 is 0. The molecule has 3 rings (SSSR count). The Hall–Kier alpha value is -1.39. The van der Waals surface area contributed by atoms with Crippen molar-refractivity contribution in [3.8, 4) is 0 Å². The van der Waals surface area contributed by atoms with Crippen LogP contribution >= 0.6 is 0 Å². The highest BCUT2D eigenvalue weighted by atomic mass is 15.1. The number of hydrogen-bond acceptors (Lipinski definition) is 3. The van der Waals surface area contributed by atoms with Gasteiger partial charge in [0.15, 0.2) is 0 Å². The number of H-pyrrole nitrogens is 1. The number of aromatic amines is 1. The summed E-state index contributed by atoms with van der Waals surface area (Å²) in [6.45, 7) is 6.92. The lowest BCUT2D eigenvalue weighted by Crippen LogP contribution is -2.42. The van der Waals surface area contributed by atoms with Crippen molar-refractivity contribution < 1.29 is 0 Å². The number of aromatic nitrogens is 2. The van der Waals surface area contributed by atoms with E-state index >= 15 is 0 Å². The standard InChI is InChI=1S/C16H24N4/c1-2-8-20-9-5-14(6-10-20)18-11-13-12-19-16-15(13)4-3-7-17-16/h3-4,7,12,14,18H,2,5-6,8-11H2,1H3,(H,17,19). The fourth-order valence-electron chi connectivity index (χ4n) is 3.09. The summed E-state index contributed by atoms with van der Waals surface area (Å²) in [5, 5.41) is 4.94. The van der Waals surface area contributed by atoms with E-state index in [9.17, 15) is 0 Å². The third-order valence-corrected chi connectivity index (χ3v) is 4.25. The summed E-state index contributed by atoms with van der Waals surface area (Å²) in [5.74, 6) is 0. The van der Waals surface area contributed by atoms with Crippen LogP contribution in [0.25, 0.3) is 11.0 Å². The van der Waals surface area contributed by atoms with Gasteiger partial charge in [0.2, 0.25) is 0 Å². The first-order chi connectivity index (χ1) is 9.86. The van der Waals surface area contributed by atoms with Gasteiger partial charge < -0.3 is 15.2 Å². The number of likely N-dealkylation sites (tertiary alicyclic amines) is 1. The average Bonchev–Trinajstić information content (AvgIpc) is 2.90. The van der Waals surface area contributed by atoms with E-state index in [1.165, 1.54) is 49.8 Å². The van der Waals surface area contributed by atoms with Gasteiger partial charge in [-0.05, 0) is 56.6 Å². The fourth-order valence-corrected chi connectivity index (χ4v) is 3.09. The molecule has 1 aliphatic rings. The van der Waals surface area contributed by atoms with Crippen molar-refractivity contribution in [2.45, 2.75) is 38.8 Å². The number of hydrogen-bond donors (Lipinski definition) is 2. The first-order valence-electron chi connectivity index (χ1n) is 7.73. The SMILES string of the molecule is CCCN1CCC(NCc2c[nH]c3ncccc23)CC1. The molecule has 4 nitrogen and oxygen atoms in total. The maximum atomic E-state index is 4.34. The monoisotopic (exact) mass is 272 g/mol. The predicted molar refractivity (Wildman–Crippen MR) is 82.7 cm³/mol. The Morgan fingerprint density at radius 3 is 3.05 bits per heavy atom. The molecular weight excluding hydrogens is 248 g/mol. The second kappa shape index (κ2) is 6.37. The van der Waals surface area contributed by atoms with E-state index in [4.69, 9.17) is 0 Å². The van der Waals surface area contributed by atoms with Crippen LogP contribution in [-0.4, -0.2) is 40.5 Å². The minimum Gasteiger partial charge on any atom is -0.346 e. The smallest absolute Gasteiger partial charge is 0.137 e. The van der Waals surface area contributed by atoms with Crippen LogP contribution < -0.4 is 5.32 Å². The minimum absolute atomic E-state index is 0.657. The van der Waals surface area contributed by atoms with Gasteiger partial charge in [0.1, 0.15) is 5.65 Å². The molecule has 108 valence electrons. The Labute approximate surface area is 120 Å². The molecule has 2 aromatic heterocycles. The Kier molecular flexibility index (Phi) is 4.33. The highest BCUT2D eigenvalue weighted by Gasteiger charge is 2.18. The van der Waals surface area contributed by atoms with Crippen LogP contribution in [0.4, 0.5) is 0 Å². The number of piperidine rings is 1. The van der Waals surface area contributed by atoms with Crippen molar-refractivity contribution in [2.24, 2.45) is 0 Å². The van der Waals surface area contributed by atoms with Gasteiger partial charge >= 0.3 is 0 Å². The topological polar surface area (TPSA) is 44.0 Å². The molecule has 0 bridgehead atoms. The van der Waals surface area contributed by atoms with E-state index in [2.05, 4.69) is 39.4 Å². The van der Waals surface area contributed by atoms with Gasteiger partial charge in [-0.25, -0.2) is 4.98 Å². The molecule has 0 aromatic carbocycles. The highest BCUT2D eigenvalue weighted by molar-refractivity contribution is 5.79. The number of fused-ring (bicyclic) bond motifs is 1. The maximum Gasteiger partial charge on any atom is 0.137 e. The van der Waals surface area contributed by atoms with Crippen molar-refractivity contribution >= 4 is 11.0 Å². The summed E-state index contributed by atoms with van der Waals surface area (Å²) in [5.41, 5.74) is 2.31. The first-order valence-corrected chi connectivity index (χ1v) is 7.73. The van der Waals surface area contributed by atoms with Crippen molar-refractivity contribution in [1.29, 1.82) is 0 Å². The second-order valence-corrected chi connectivity index (χ2v) is 5.71. The second-order valence-electron chi connectivity index (χ2n) is 5.71. The molecule has 0 spiro atoms. The molecule has 4 heteroatoms. The summed E-state index contributed by atoms with van der Waals surface area (Å²) in [4.78, 5) is 10.2. The van der Waals surface area contributed by atoms with E-state index in [0.717, 1.165) is 12.2 Å². The Bertz CT molecular complexity index is 540. The molecule has 1 aliphatic heterocycles. The van der Waals surface area contributed by atoms with Crippen molar-refractivity contribution in [3.63, 3.8) is 0 Å². The van der Waals surface area contributed by atoms with Gasteiger partial charge in [0, 0.05) is 30.4 Å². The summed E-state index contributed by atoms with van der Waals surface area (Å²) in [6, 6.07) is 4.80. The molecule has 2 N–H and O–H groups in total. The average molecular weight is 272 g/mol. The number of rotatable bonds is 5. The lowest BCUT2D eigenvalue weighted by molar-refractivity contribution is 0.197. The lowest BCUT2D eigenvalue weighted by Gasteiger charge is -2.32. The molecular formula is C16H24N4. The van der Waals surface area contributed by atoms with Gasteiger partial charge in [0.25, 0.3) is 0 Å². The van der Waals surface area contributed by atoms with E-state index in [0.29, 0.717) is 6.04 Å². The third-order valence-electron chi connectivity index (χ3n) is 4.25. The van der Waals surface area contributed by atoms with Gasteiger partial charge in [0.05, 0.1) is 0 Å². The molecule has 2 aromatic rings. The van der Waals surface area contributed by atoms with Crippen LogP contribution in [-0.2, 0) is 6.54 Å². The van der Waals surface area contributed by atoms with Gasteiger partial charge in [-0.15, -0.1) is 0 Å². The molecule has 0 amide bonds. The molecule has 0 unspecified atom stereocenters. The van der Waals surface area contributed by atoms with Crippen LogP contribution in [0.3, 0.4) is 0 Å².